The van der Waals surface area contributed by atoms with Gasteiger partial charge in [0, 0.05) is 56.5 Å². The Morgan fingerprint density at radius 1 is 0.829 bits per heavy atom. The van der Waals surface area contributed by atoms with Gasteiger partial charge >= 0.3 is 0 Å². The molecule has 1 saturated carbocycles. The van der Waals surface area contributed by atoms with Gasteiger partial charge in [0.25, 0.3) is 5.91 Å². The van der Waals surface area contributed by atoms with E-state index in [1.165, 1.54) is 37.7 Å². The van der Waals surface area contributed by atoms with Crippen molar-refractivity contribution >= 4 is 40.9 Å². The number of likely N-dealkylation sites (tertiary alicyclic amines) is 2. The Morgan fingerprint density at radius 3 is 2.17 bits per heavy atom. The van der Waals surface area contributed by atoms with Crippen molar-refractivity contribution in [3.63, 3.8) is 0 Å². The van der Waals surface area contributed by atoms with Crippen LogP contribution in [0.25, 0.3) is 0 Å². The second kappa shape index (κ2) is 13.6. The Labute approximate surface area is 253 Å². The first kappa shape index (κ1) is 29.9. The average molecular weight is 599 g/mol. The molecular weight excluding hydrogens is 557 g/mol. The van der Waals surface area contributed by atoms with Crippen molar-refractivity contribution in [2.75, 3.05) is 26.2 Å². The quantitative estimate of drug-likeness (QED) is 0.414. The van der Waals surface area contributed by atoms with Crippen LogP contribution in [0.15, 0.2) is 42.5 Å². The molecule has 6 nitrogen and oxygen atoms in total. The number of benzene rings is 2. The Balaban J connectivity index is 1.26. The van der Waals surface area contributed by atoms with E-state index in [0.29, 0.717) is 61.1 Å². The molecule has 1 aliphatic carbocycles. The van der Waals surface area contributed by atoms with Gasteiger partial charge < -0.3 is 15.1 Å². The van der Waals surface area contributed by atoms with E-state index in [9.17, 15) is 14.4 Å². The Kier molecular flexibility index (Phi) is 9.92. The molecule has 2 saturated heterocycles. The van der Waals surface area contributed by atoms with E-state index in [2.05, 4.69) is 17.4 Å². The van der Waals surface area contributed by atoms with Crippen LogP contribution in [0.5, 0.6) is 0 Å². The normalized spacial score (nSPS) is 22.4. The number of carbonyl (C=O) groups excluding carboxylic acids is 3. The van der Waals surface area contributed by atoms with Crippen LogP contribution in [0.3, 0.4) is 0 Å². The molecule has 2 atom stereocenters. The first-order valence-electron chi connectivity index (χ1n) is 15.2. The van der Waals surface area contributed by atoms with Gasteiger partial charge in [-0.3, -0.25) is 14.4 Å². The molecule has 3 fully saturated rings. The van der Waals surface area contributed by atoms with Crippen LogP contribution >= 0.6 is 23.2 Å². The van der Waals surface area contributed by atoms with Crippen LogP contribution in [0.1, 0.15) is 85.7 Å². The van der Waals surface area contributed by atoms with E-state index in [4.69, 9.17) is 23.2 Å². The Bertz CT molecular complexity index is 1240. The number of hydrogen-bond acceptors (Lipinski definition) is 3. The van der Waals surface area contributed by atoms with E-state index in [-0.39, 0.29) is 35.6 Å². The highest BCUT2D eigenvalue weighted by molar-refractivity contribution is 6.42. The number of nitrogens with zero attached hydrogens (tertiary/aromatic N) is 2. The molecule has 220 valence electrons. The lowest BCUT2D eigenvalue weighted by atomic mass is 9.84. The molecule has 0 bridgehead atoms. The van der Waals surface area contributed by atoms with Crippen molar-refractivity contribution in [2.45, 2.75) is 76.7 Å². The molecular formula is C33H41Cl2N3O3. The summed E-state index contributed by atoms with van der Waals surface area (Å²) in [5, 5.41) is 4.22. The second-order valence-electron chi connectivity index (χ2n) is 12.1. The fraction of sp³-hybridized carbons (Fsp3) is 0.545. The van der Waals surface area contributed by atoms with E-state index < -0.39 is 0 Å². The van der Waals surface area contributed by atoms with E-state index in [1.807, 2.05) is 34.1 Å². The van der Waals surface area contributed by atoms with Crippen LogP contribution in [0.4, 0.5) is 0 Å². The van der Waals surface area contributed by atoms with Gasteiger partial charge in [0.2, 0.25) is 11.8 Å². The zero-order valence-electron chi connectivity index (χ0n) is 23.9. The van der Waals surface area contributed by atoms with Gasteiger partial charge in [-0.15, -0.1) is 0 Å². The summed E-state index contributed by atoms with van der Waals surface area (Å²) in [6.45, 7) is 3.89. The summed E-state index contributed by atoms with van der Waals surface area (Å²) in [4.78, 5) is 42.4. The van der Waals surface area contributed by atoms with Crippen LogP contribution in [-0.4, -0.2) is 59.7 Å². The van der Waals surface area contributed by atoms with E-state index >= 15 is 0 Å². The predicted molar refractivity (Wildman–Crippen MR) is 163 cm³/mol. The minimum absolute atomic E-state index is 0.0611. The second-order valence-corrected chi connectivity index (χ2v) is 12.9. The number of carbonyl (C=O) groups is 3. The van der Waals surface area contributed by atoms with E-state index in [0.717, 1.165) is 17.9 Å². The van der Waals surface area contributed by atoms with Gasteiger partial charge in [0.1, 0.15) is 0 Å². The molecule has 2 aliphatic heterocycles. The lowest BCUT2D eigenvalue weighted by Gasteiger charge is -2.41. The average Bonchev–Trinajstić information content (AvgIpc) is 2.99. The molecule has 0 spiro atoms. The van der Waals surface area contributed by atoms with Crippen molar-refractivity contribution < 1.29 is 14.4 Å². The smallest absolute Gasteiger partial charge is 0.251 e. The Hall–Kier alpha value is -2.57. The monoisotopic (exact) mass is 597 g/mol. The van der Waals surface area contributed by atoms with Gasteiger partial charge in [0.15, 0.2) is 0 Å². The maximum absolute atomic E-state index is 13.5. The zero-order chi connectivity index (χ0) is 28.9. The maximum Gasteiger partial charge on any atom is 0.251 e. The fourth-order valence-corrected chi connectivity index (χ4v) is 7.18. The summed E-state index contributed by atoms with van der Waals surface area (Å²) in [5.74, 6) is 0.654. The van der Waals surface area contributed by atoms with Gasteiger partial charge in [-0.25, -0.2) is 0 Å². The highest BCUT2D eigenvalue weighted by atomic mass is 35.5. The molecule has 8 heteroatoms. The van der Waals surface area contributed by atoms with E-state index in [1.54, 1.807) is 13.0 Å². The number of piperidine rings is 2. The van der Waals surface area contributed by atoms with Crippen molar-refractivity contribution in [2.24, 2.45) is 11.8 Å². The predicted octanol–water partition coefficient (Wildman–Crippen LogP) is 6.49. The molecule has 2 aromatic carbocycles. The minimum atomic E-state index is -0.148. The van der Waals surface area contributed by atoms with Crippen molar-refractivity contribution in [1.29, 1.82) is 0 Å². The molecule has 0 aromatic heterocycles. The van der Waals surface area contributed by atoms with Crippen molar-refractivity contribution in [3.05, 3.63) is 69.2 Å². The summed E-state index contributed by atoms with van der Waals surface area (Å²) >= 11 is 12.6. The maximum atomic E-state index is 13.5. The highest BCUT2D eigenvalue weighted by Gasteiger charge is 2.37. The first-order chi connectivity index (χ1) is 19.8. The molecule has 3 aliphatic rings. The molecule has 5 rings (SSSR count). The third kappa shape index (κ3) is 7.45. The highest BCUT2D eigenvalue weighted by Crippen LogP contribution is 2.34. The standard InChI is InChI=1S/C33H41Cl2N3O3/c1-22(39)37-16-13-26(14-17-37)33(41)38-18-15-31(28(21-38)27-11-12-29(34)30(35)20-27)36-32(40)25-9-7-24(8-10-25)19-23-5-3-2-4-6-23/h7-12,20,23,26,28,31H,2-6,13-19,21H2,1H3,(H,36,40). The van der Waals surface area contributed by atoms with Crippen LogP contribution in [0.2, 0.25) is 10.0 Å². The molecule has 3 amide bonds. The van der Waals surface area contributed by atoms with Crippen molar-refractivity contribution in [1.82, 2.24) is 15.1 Å². The Morgan fingerprint density at radius 2 is 1.51 bits per heavy atom. The summed E-state index contributed by atoms with van der Waals surface area (Å²) in [5.41, 5.74) is 2.90. The SMILES string of the molecule is CC(=O)N1CCC(C(=O)N2CCC(NC(=O)c3ccc(CC4CCCCC4)cc3)C(c3ccc(Cl)c(Cl)c3)C2)CC1. The molecule has 0 radical (unpaired) electrons. The van der Waals surface area contributed by atoms with Crippen LogP contribution < -0.4 is 5.32 Å². The molecule has 1 N–H and O–H groups in total. The fourth-order valence-electron chi connectivity index (χ4n) is 6.87. The number of amides is 3. The summed E-state index contributed by atoms with van der Waals surface area (Å²) in [6, 6.07) is 13.5. The number of nitrogens with one attached hydrogen (secondary N) is 1. The van der Waals surface area contributed by atoms with Gasteiger partial charge in [0.05, 0.1) is 10.0 Å². The molecule has 2 heterocycles. The van der Waals surface area contributed by atoms with Gasteiger partial charge in [-0.2, -0.15) is 0 Å². The third-order valence-electron chi connectivity index (χ3n) is 9.37. The minimum Gasteiger partial charge on any atom is -0.349 e. The van der Waals surface area contributed by atoms with Crippen molar-refractivity contribution in [3.8, 4) is 0 Å². The molecule has 2 unspecified atom stereocenters. The van der Waals surface area contributed by atoms with Gasteiger partial charge in [-0.1, -0.05) is 73.5 Å². The lowest BCUT2D eigenvalue weighted by Crippen LogP contribution is -2.53. The third-order valence-corrected chi connectivity index (χ3v) is 10.1. The molecule has 2 aromatic rings. The topological polar surface area (TPSA) is 69.7 Å². The number of rotatable bonds is 6. The number of halogens is 2. The largest absolute Gasteiger partial charge is 0.349 e. The number of hydrogen-bond donors (Lipinski definition) is 1. The summed E-state index contributed by atoms with van der Waals surface area (Å²) < 4.78 is 0. The van der Waals surface area contributed by atoms with Crippen LogP contribution in [-0.2, 0) is 16.0 Å². The zero-order valence-corrected chi connectivity index (χ0v) is 25.4. The first-order valence-corrected chi connectivity index (χ1v) is 15.9. The summed E-state index contributed by atoms with van der Waals surface area (Å²) in [6.07, 6.45) is 9.71. The molecule has 41 heavy (non-hydrogen) atoms. The lowest BCUT2D eigenvalue weighted by molar-refractivity contribution is -0.141. The van der Waals surface area contributed by atoms with Crippen LogP contribution in [0, 0.1) is 11.8 Å². The van der Waals surface area contributed by atoms with Gasteiger partial charge in [-0.05, 0) is 67.0 Å². The summed E-state index contributed by atoms with van der Waals surface area (Å²) in [7, 11) is 0.